The molecule has 3 rings (SSSR count). The van der Waals surface area contributed by atoms with Gasteiger partial charge in [0, 0.05) is 13.1 Å². The first-order chi connectivity index (χ1) is 13.6. The predicted molar refractivity (Wildman–Crippen MR) is 100 cm³/mol. The third-order valence-corrected chi connectivity index (χ3v) is 5.12. The van der Waals surface area contributed by atoms with Crippen LogP contribution < -0.4 is 5.32 Å². The number of amides is 1. The smallest absolute Gasteiger partial charge is 0.416 e. The van der Waals surface area contributed by atoms with Crippen molar-refractivity contribution < 1.29 is 27.9 Å². The zero-order valence-electron chi connectivity index (χ0n) is 15.7. The highest BCUT2D eigenvalue weighted by atomic mass is 19.4. The fraction of sp³-hybridized carbons (Fsp3) is 0.333. The van der Waals surface area contributed by atoms with E-state index in [1.807, 2.05) is 11.8 Å². The first-order valence-corrected chi connectivity index (χ1v) is 9.19. The maximum Gasteiger partial charge on any atom is 0.416 e. The van der Waals surface area contributed by atoms with Gasteiger partial charge in [0.25, 0.3) is 0 Å². The van der Waals surface area contributed by atoms with Crippen molar-refractivity contribution in [2.75, 3.05) is 6.54 Å². The highest BCUT2D eigenvalue weighted by molar-refractivity contribution is 5.87. The van der Waals surface area contributed by atoms with Gasteiger partial charge in [-0.3, -0.25) is 9.69 Å². The highest BCUT2D eigenvalue weighted by Gasteiger charge is 2.35. The molecular formula is C21H21F3N2O3. The van der Waals surface area contributed by atoms with Crippen LogP contribution in [0.2, 0.25) is 0 Å². The van der Waals surface area contributed by atoms with Gasteiger partial charge in [0.05, 0.1) is 23.2 Å². The standard InChI is InChI=1S/C21H21F3N2O3/c1-13(15-4-6-16(7-5-15)20(28)29)25-19(27)18-10-11-26(18)12-14-2-8-17(9-3-14)21(22,23)24/h2-9,13,18H,10-12H2,1H3,(H,25,27)(H,28,29)/t13-,18?/m0/s1. The van der Waals surface area contributed by atoms with E-state index >= 15 is 0 Å². The first kappa shape index (κ1) is 20.9. The number of carbonyl (C=O) groups excluding carboxylic acids is 1. The van der Waals surface area contributed by atoms with Gasteiger partial charge in [0.2, 0.25) is 5.91 Å². The minimum atomic E-state index is -4.36. The second kappa shape index (κ2) is 8.24. The molecule has 1 saturated heterocycles. The van der Waals surface area contributed by atoms with Crippen molar-refractivity contribution in [2.24, 2.45) is 0 Å². The highest BCUT2D eigenvalue weighted by Crippen LogP contribution is 2.30. The second-order valence-corrected chi connectivity index (χ2v) is 7.13. The Morgan fingerprint density at radius 2 is 1.76 bits per heavy atom. The summed E-state index contributed by atoms with van der Waals surface area (Å²) in [6.07, 6.45) is -3.69. The molecule has 2 aromatic rings. The first-order valence-electron chi connectivity index (χ1n) is 9.19. The Hall–Kier alpha value is -2.87. The summed E-state index contributed by atoms with van der Waals surface area (Å²) in [5.41, 5.74) is 0.987. The molecule has 1 unspecified atom stereocenters. The Kier molecular flexibility index (Phi) is 5.93. The number of alkyl halides is 3. The van der Waals surface area contributed by atoms with Gasteiger partial charge >= 0.3 is 12.1 Å². The molecule has 2 atom stereocenters. The number of halogens is 3. The summed E-state index contributed by atoms with van der Waals surface area (Å²) >= 11 is 0. The fourth-order valence-corrected chi connectivity index (χ4v) is 3.27. The molecule has 154 valence electrons. The molecule has 8 heteroatoms. The summed E-state index contributed by atoms with van der Waals surface area (Å²) in [4.78, 5) is 25.4. The average molecular weight is 406 g/mol. The number of hydrogen-bond acceptors (Lipinski definition) is 3. The monoisotopic (exact) mass is 406 g/mol. The number of carboxylic acid groups (broad SMARTS) is 1. The number of likely N-dealkylation sites (tertiary alicyclic amines) is 1. The van der Waals surface area contributed by atoms with E-state index in [-0.39, 0.29) is 23.6 Å². The van der Waals surface area contributed by atoms with Gasteiger partial charge in [-0.25, -0.2) is 4.79 Å². The Morgan fingerprint density at radius 1 is 1.14 bits per heavy atom. The number of carbonyl (C=O) groups is 2. The van der Waals surface area contributed by atoms with Crippen molar-refractivity contribution >= 4 is 11.9 Å². The summed E-state index contributed by atoms with van der Waals surface area (Å²) in [6, 6.07) is 10.6. The maximum atomic E-state index is 12.7. The van der Waals surface area contributed by atoms with Gasteiger partial charge in [-0.1, -0.05) is 24.3 Å². The van der Waals surface area contributed by atoms with Crippen LogP contribution in [0.25, 0.3) is 0 Å². The van der Waals surface area contributed by atoms with Gasteiger partial charge in [0.15, 0.2) is 0 Å². The summed E-state index contributed by atoms with van der Waals surface area (Å²) in [5.74, 6) is -1.17. The van der Waals surface area contributed by atoms with Crippen LogP contribution in [-0.2, 0) is 17.5 Å². The summed E-state index contributed by atoms with van der Waals surface area (Å²) < 4.78 is 38.0. The number of nitrogens with zero attached hydrogens (tertiary/aromatic N) is 1. The summed E-state index contributed by atoms with van der Waals surface area (Å²) in [7, 11) is 0. The molecule has 0 spiro atoms. The van der Waals surface area contributed by atoms with Crippen LogP contribution in [0, 0.1) is 0 Å². The van der Waals surface area contributed by atoms with Crippen molar-refractivity contribution in [3.8, 4) is 0 Å². The predicted octanol–water partition coefficient (Wildman–Crippen LogP) is 3.86. The molecule has 1 fully saturated rings. The minimum Gasteiger partial charge on any atom is -0.478 e. The minimum absolute atomic E-state index is 0.155. The molecule has 1 aliphatic heterocycles. The molecule has 0 radical (unpaired) electrons. The largest absolute Gasteiger partial charge is 0.478 e. The summed E-state index contributed by atoms with van der Waals surface area (Å²) in [6.45, 7) is 2.91. The summed E-state index contributed by atoms with van der Waals surface area (Å²) in [5, 5.41) is 11.9. The zero-order valence-corrected chi connectivity index (χ0v) is 15.7. The number of nitrogens with one attached hydrogen (secondary N) is 1. The van der Waals surface area contributed by atoms with E-state index in [4.69, 9.17) is 5.11 Å². The quantitative estimate of drug-likeness (QED) is 0.765. The molecule has 0 bridgehead atoms. The lowest BCUT2D eigenvalue weighted by Gasteiger charge is -2.40. The van der Waals surface area contributed by atoms with E-state index in [1.54, 1.807) is 12.1 Å². The zero-order chi connectivity index (χ0) is 21.2. The van der Waals surface area contributed by atoms with Gasteiger partial charge in [-0.2, -0.15) is 13.2 Å². The van der Waals surface area contributed by atoms with Gasteiger partial charge < -0.3 is 10.4 Å². The van der Waals surface area contributed by atoms with Gasteiger partial charge in [0.1, 0.15) is 0 Å². The van der Waals surface area contributed by atoms with Crippen molar-refractivity contribution in [1.29, 1.82) is 0 Å². The molecule has 1 aliphatic rings. The third kappa shape index (κ3) is 4.95. The number of benzene rings is 2. The Labute approximate surface area is 166 Å². The Morgan fingerprint density at radius 3 is 2.24 bits per heavy atom. The molecule has 0 saturated carbocycles. The van der Waals surface area contributed by atoms with Crippen molar-refractivity contribution in [1.82, 2.24) is 10.2 Å². The van der Waals surface area contributed by atoms with E-state index in [9.17, 15) is 22.8 Å². The molecule has 5 nitrogen and oxygen atoms in total. The van der Waals surface area contributed by atoms with Crippen molar-refractivity contribution in [3.63, 3.8) is 0 Å². The number of aromatic carboxylic acids is 1. The SMILES string of the molecule is C[C@H](NC(=O)C1CCN1Cc1ccc(C(F)(F)F)cc1)c1ccc(C(=O)O)cc1. The lowest BCUT2D eigenvalue weighted by Crippen LogP contribution is -2.55. The van der Waals surface area contributed by atoms with Crippen molar-refractivity contribution in [2.45, 2.75) is 38.1 Å². The Balaban J connectivity index is 1.56. The molecule has 1 heterocycles. The molecule has 0 aromatic heterocycles. The maximum absolute atomic E-state index is 12.7. The van der Waals surface area contributed by atoms with Gasteiger partial charge in [-0.05, 0) is 48.7 Å². The molecule has 29 heavy (non-hydrogen) atoms. The number of carboxylic acids is 1. The Bertz CT molecular complexity index is 880. The van der Waals surface area contributed by atoms with E-state index in [0.29, 0.717) is 25.1 Å². The van der Waals surface area contributed by atoms with E-state index in [2.05, 4.69) is 5.32 Å². The molecule has 2 aromatic carbocycles. The van der Waals surface area contributed by atoms with Crippen LogP contribution in [0.3, 0.4) is 0 Å². The van der Waals surface area contributed by atoms with E-state index < -0.39 is 17.7 Å². The lowest BCUT2D eigenvalue weighted by molar-refractivity contribution is -0.137. The van der Waals surface area contributed by atoms with Crippen LogP contribution in [0.5, 0.6) is 0 Å². The molecule has 2 N–H and O–H groups in total. The third-order valence-electron chi connectivity index (χ3n) is 5.12. The second-order valence-electron chi connectivity index (χ2n) is 7.13. The lowest BCUT2D eigenvalue weighted by atomic mass is 9.99. The fourth-order valence-electron chi connectivity index (χ4n) is 3.27. The van der Waals surface area contributed by atoms with Crippen LogP contribution in [0.1, 0.15) is 46.4 Å². The molecule has 0 aliphatic carbocycles. The van der Waals surface area contributed by atoms with Gasteiger partial charge in [-0.15, -0.1) is 0 Å². The van der Waals surface area contributed by atoms with Crippen LogP contribution in [0.4, 0.5) is 13.2 Å². The number of hydrogen-bond donors (Lipinski definition) is 2. The van der Waals surface area contributed by atoms with Crippen LogP contribution in [-0.4, -0.2) is 34.5 Å². The van der Waals surface area contributed by atoms with Crippen LogP contribution >= 0.6 is 0 Å². The molecule has 1 amide bonds. The van der Waals surface area contributed by atoms with Crippen molar-refractivity contribution in [3.05, 3.63) is 70.8 Å². The van der Waals surface area contributed by atoms with Crippen LogP contribution in [0.15, 0.2) is 48.5 Å². The molecular weight excluding hydrogens is 385 g/mol. The van der Waals surface area contributed by atoms with E-state index in [0.717, 1.165) is 17.7 Å². The normalized spacial score (nSPS) is 18.0. The topological polar surface area (TPSA) is 69.6 Å². The number of rotatable bonds is 6. The van der Waals surface area contributed by atoms with E-state index in [1.165, 1.54) is 24.3 Å². The average Bonchev–Trinajstić information content (AvgIpc) is 2.64.